The number of amides is 1. The van der Waals surface area contributed by atoms with Crippen molar-refractivity contribution in [1.82, 2.24) is 4.31 Å². The number of nitrogens with one attached hydrogen (secondary N) is 1. The summed E-state index contributed by atoms with van der Waals surface area (Å²) in [5, 5.41) is 2.95. The molecule has 1 heterocycles. The normalized spacial score (nSPS) is 16.8. The summed E-state index contributed by atoms with van der Waals surface area (Å²) in [7, 11) is -3.67. The summed E-state index contributed by atoms with van der Waals surface area (Å²) in [6.45, 7) is 4.24. The topological polar surface area (TPSA) is 75.7 Å². The Labute approximate surface area is 195 Å². The van der Waals surface area contributed by atoms with E-state index in [1.54, 1.807) is 25.1 Å². The van der Waals surface area contributed by atoms with Gasteiger partial charge < -0.3 is 10.1 Å². The van der Waals surface area contributed by atoms with Crippen molar-refractivity contribution in [1.29, 1.82) is 0 Å². The fraction of sp³-hybridized carbons (Fsp3) is 0.269. The lowest BCUT2D eigenvalue weighted by Crippen LogP contribution is -2.43. The second-order valence-electron chi connectivity index (χ2n) is 8.37. The van der Waals surface area contributed by atoms with Crippen molar-refractivity contribution in [3.8, 4) is 11.5 Å². The van der Waals surface area contributed by atoms with Crippen molar-refractivity contribution >= 4 is 21.6 Å². The second-order valence-corrected chi connectivity index (χ2v) is 10.3. The van der Waals surface area contributed by atoms with Gasteiger partial charge in [-0.15, -0.1) is 0 Å². The molecule has 1 aliphatic heterocycles. The molecule has 1 atom stereocenters. The van der Waals surface area contributed by atoms with E-state index in [2.05, 4.69) is 5.32 Å². The average molecular weight is 465 g/mol. The fourth-order valence-electron chi connectivity index (χ4n) is 4.01. The fourth-order valence-corrected chi connectivity index (χ4v) is 5.84. The van der Waals surface area contributed by atoms with Gasteiger partial charge in [0, 0.05) is 13.1 Å². The Morgan fingerprint density at radius 1 is 1.00 bits per heavy atom. The number of rotatable bonds is 6. The number of hydrogen-bond donors (Lipinski definition) is 1. The number of benzene rings is 3. The minimum Gasteiger partial charge on any atom is -0.455 e. The highest BCUT2D eigenvalue weighted by Gasteiger charge is 2.34. The van der Waals surface area contributed by atoms with Crippen LogP contribution in [0.1, 0.15) is 24.0 Å². The monoisotopic (exact) mass is 464 g/mol. The van der Waals surface area contributed by atoms with Gasteiger partial charge in [-0.05, 0) is 68.1 Å². The van der Waals surface area contributed by atoms with Crippen LogP contribution in [0.5, 0.6) is 11.5 Å². The van der Waals surface area contributed by atoms with Crippen molar-refractivity contribution in [2.24, 2.45) is 5.92 Å². The summed E-state index contributed by atoms with van der Waals surface area (Å²) in [5.41, 5.74) is 2.15. The molecule has 1 unspecified atom stereocenters. The summed E-state index contributed by atoms with van der Waals surface area (Å²) in [6.07, 6.45) is 1.26. The third kappa shape index (κ3) is 5.26. The molecule has 1 aliphatic rings. The third-order valence-electron chi connectivity index (χ3n) is 5.83. The number of carbonyl (C=O) groups is 1. The predicted octanol–water partition coefficient (Wildman–Crippen LogP) is 5.14. The molecule has 33 heavy (non-hydrogen) atoms. The largest absolute Gasteiger partial charge is 0.455 e. The predicted molar refractivity (Wildman–Crippen MR) is 129 cm³/mol. The van der Waals surface area contributed by atoms with Gasteiger partial charge >= 0.3 is 0 Å². The lowest BCUT2D eigenvalue weighted by molar-refractivity contribution is -0.120. The molecule has 1 saturated heterocycles. The van der Waals surface area contributed by atoms with Crippen LogP contribution < -0.4 is 10.1 Å². The van der Waals surface area contributed by atoms with Crippen LogP contribution >= 0.6 is 0 Å². The van der Waals surface area contributed by atoms with Crippen molar-refractivity contribution in [3.63, 3.8) is 0 Å². The number of carbonyl (C=O) groups excluding carboxylic acids is 1. The van der Waals surface area contributed by atoms with Gasteiger partial charge in [0.1, 0.15) is 5.75 Å². The molecule has 7 heteroatoms. The molecule has 3 aromatic carbocycles. The van der Waals surface area contributed by atoms with E-state index in [1.807, 2.05) is 61.5 Å². The molecule has 6 nitrogen and oxygen atoms in total. The molecule has 0 aromatic heterocycles. The number of ether oxygens (including phenoxy) is 1. The summed E-state index contributed by atoms with van der Waals surface area (Å²) in [5.74, 6) is 0.554. The SMILES string of the molecule is Cc1ccc(C)c(S(=O)(=O)N2CCCC(C(=O)Nc3ccccc3Oc3ccccc3)C2)c1. The lowest BCUT2D eigenvalue weighted by atomic mass is 9.98. The molecule has 0 bridgehead atoms. The third-order valence-corrected chi connectivity index (χ3v) is 7.84. The van der Waals surface area contributed by atoms with Gasteiger partial charge in [0.25, 0.3) is 0 Å². The van der Waals surface area contributed by atoms with Gasteiger partial charge in [0.2, 0.25) is 15.9 Å². The Balaban J connectivity index is 1.49. The van der Waals surface area contributed by atoms with E-state index in [-0.39, 0.29) is 12.5 Å². The number of aryl methyl sites for hydroxylation is 2. The van der Waals surface area contributed by atoms with Gasteiger partial charge in [0.15, 0.2) is 5.75 Å². The van der Waals surface area contributed by atoms with Gasteiger partial charge in [-0.2, -0.15) is 4.31 Å². The zero-order chi connectivity index (χ0) is 23.4. The molecular weight excluding hydrogens is 436 g/mol. The van der Waals surface area contributed by atoms with Crippen LogP contribution in [0.2, 0.25) is 0 Å². The van der Waals surface area contributed by atoms with E-state index >= 15 is 0 Å². The Bertz CT molecular complexity index is 1240. The molecule has 3 aromatic rings. The van der Waals surface area contributed by atoms with Crippen LogP contribution in [-0.2, 0) is 14.8 Å². The minimum absolute atomic E-state index is 0.156. The first-order chi connectivity index (χ1) is 15.8. The van der Waals surface area contributed by atoms with Crippen molar-refractivity contribution in [2.75, 3.05) is 18.4 Å². The molecular formula is C26H28N2O4S. The highest BCUT2D eigenvalue weighted by molar-refractivity contribution is 7.89. The highest BCUT2D eigenvalue weighted by Crippen LogP contribution is 2.31. The number of nitrogens with zero attached hydrogens (tertiary/aromatic N) is 1. The van der Waals surface area contributed by atoms with Crippen LogP contribution in [0, 0.1) is 19.8 Å². The van der Waals surface area contributed by atoms with E-state index in [1.165, 1.54) is 4.31 Å². The quantitative estimate of drug-likeness (QED) is 0.548. The van der Waals surface area contributed by atoms with Gasteiger partial charge in [-0.25, -0.2) is 8.42 Å². The molecule has 0 aliphatic carbocycles. The maximum Gasteiger partial charge on any atom is 0.243 e. The van der Waals surface area contributed by atoms with Crippen LogP contribution in [0.4, 0.5) is 5.69 Å². The highest BCUT2D eigenvalue weighted by atomic mass is 32.2. The smallest absolute Gasteiger partial charge is 0.243 e. The van der Waals surface area contributed by atoms with E-state index in [0.717, 1.165) is 5.56 Å². The first-order valence-electron chi connectivity index (χ1n) is 11.0. The summed E-state index contributed by atoms with van der Waals surface area (Å²) in [4.78, 5) is 13.4. The first-order valence-corrected chi connectivity index (χ1v) is 12.5. The maximum absolute atomic E-state index is 13.3. The van der Waals surface area contributed by atoms with Crippen LogP contribution in [0.25, 0.3) is 0 Å². The molecule has 4 rings (SSSR count). The molecule has 0 spiro atoms. The Hall–Kier alpha value is -3.16. The number of para-hydroxylation sites is 3. The molecule has 0 radical (unpaired) electrons. The standard InChI is InChI=1S/C26H28N2O4S/c1-19-14-15-20(2)25(17-19)33(30,31)28-16-8-9-21(18-28)26(29)27-23-12-6-7-13-24(23)32-22-10-4-3-5-11-22/h3-7,10-15,17,21H,8-9,16,18H2,1-2H3,(H,27,29). The van der Waals surface area contributed by atoms with E-state index in [4.69, 9.17) is 4.74 Å². The Morgan fingerprint density at radius 3 is 2.52 bits per heavy atom. The van der Waals surface area contributed by atoms with E-state index < -0.39 is 15.9 Å². The van der Waals surface area contributed by atoms with Gasteiger partial charge in [-0.3, -0.25) is 4.79 Å². The van der Waals surface area contributed by atoms with Gasteiger partial charge in [-0.1, -0.05) is 42.5 Å². The Kier molecular flexibility index (Phi) is 6.81. The van der Waals surface area contributed by atoms with Crippen molar-refractivity contribution in [3.05, 3.63) is 83.9 Å². The summed E-state index contributed by atoms with van der Waals surface area (Å²) < 4.78 is 34.0. The zero-order valence-electron chi connectivity index (χ0n) is 18.8. The summed E-state index contributed by atoms with van der Waals surface area (Å²) in [6, 6.07) is 22.0. The molecule has 1 N–H and O–H groups in total. The van der Waals surface area contributed by atoms with E-state index in [0.29, 0.717) is 47.0 Å². The lowest BCUT2D eigenvalue weighted by Gasteiger charge is -2.31. The van der Waals surface area contributed by atoms with Crippen LogP contribution in [0.3, 0.4) is 0 Å². The molecule has 0 saturated carbocycles. The number of piperidine rings is 1. The molecule has 1 fully saturated rings. The van der Waals surface area contributed by atoms with Crippen molar-refractivity contribution < 1.29 is 17.9 Å². The minimum atomic E-state index is -3.67. The zero-order valence-corrected chi connectivity index (χ0v) is 19.6. The Morgan fingerprint density at radius 2 is 1.73 bits per heavy atom. The van der Waals surface area contributed by atoms with Crippen molar-refractivity contribution in [2.45, 2.75) is 31.6 Å². The summed E-state index contributed by atoms with van der Waals surface area (Å²) >= 11 is 0. The number of sulfonamides is 1. The average Bonchev–Trinajstić information content (AvgIpc) is 2.82. The van der Waals surface area contributed by atoms with Crippen LogP contribution in [-0.4, -0.2) is 31.7 Å². The first kappa shape index (κ1) is 23.0. The number of anilines is 1. The van der Waals surface area contributed by atoms with Crippen LogP contribution in [0.15, 0.2) is 77.7 Å². The maximum atomic E-state index is 13.3. The second kappa shape index (κ2) is 9.77. The van der Waals surface area contributed by atoms with Gasteiger partial charge in [0.05, 0.1) is 16.5 Å². The number of hydrogen-bond acceptors (Lipinski definition) is 4. The van der Waals surface area contributed by atoms with E-state index in [9.17, 15) is 13.2 Å². The molecule has 172 valence electrons. The molecule has 1 amide bonds.